The van der Waals surface area contributed by atoms with Gasteiger partial charge < -0.3 is 29.7 Å². The van der Waals surface area contributed by atoms with Crippen molar-refractivity contribution in [2.24, 2.45) is 0 Å². The Bertz CT molecular complexity index is 1540. The summed E-state index contributed by atoms with van der Waals surface area (Å²) < 4.78 is 57.9. The highest BCUT2D eigenvalue weighted by atomic mass is 32.1. The normalized spacial score (nSPS) is 28.3. The van der Waals surface area contributed by atoms with E-state index in [0.29, 0.717) is 34.7 Å². The van der Waals surface area contributed by atoms with Gasteiger partial charge in [-0.3, -0.25) is 9.59 Å². The van der Waals surface area contributed by atoms with Gasteiger partial charge in [-0.2, -0.15) is 13.2 Å². The zero-order valence-electron chi connectivity index (χ0n) is 22.8. The van der Waals surface area contributed by atoms with Crippen LogP contribution in [0.4, 0.5) is 24.0 Å². The molecule has 9 nitrogen and oxygen atoms in total. The number of alkyl halides is 3. The van der Waals surface area contributed by atoms with Gasteiger partial charge in [-0.25, -0.2) is 4.98 Å². The highest BCUT2D eigenvalue weighted by molar-refractivity contribution is 7.22. The molecule has 4 bridgehead atoms. The molecular formula is C29H29F3N4O5S. The molecule has 0 radical (unpaired) electrons. The van der Waals surface area contributed by atoms with Crippen LogP contribution in [0.3, 0.4) is 0 Å². The number of benzene rings is 2. The Morgan fingerprint density at radius 2 is 1.81 bits per heavy atom. The molecule has 5 fully saturated rings. The molecule has 2 aromatic carbocycles. The van der Waals surface area contributed by atoms with Gasteiger partial charge in [0.1, 0.15) is 11.3 Å². The average Bonchev–Trinajstić information content (AvgIpc) is 3.40. The Hall–Kier alpha value is -3.42. The fourth-order valence-electron chi connectivity index (χ4n) is 6.62. The van der Waals surface area contributed by atoms with Gasteiger partial charge in [0.2, 0.25) is 0 Å². The summed E-state index contributed by atoms with van der Waals surface area (Å²) in [5.74, 6) is -0.586. The monoisotopic (exact) mass is 602 g/mol. The second-order valence-electron chi connectivity index (χ2n) is 11.5. The minimum Gasteiger partial charge on any atom is -0.496 e. The molecule has 4 saturated heterocycles. The summed E-state index contributed by atoms with van der Waals surface area (Å²) in [6, 6.07) is 10.6. The van der Waals surface area contributed by atoms with E-state index in [0.717, 1.165) is 11.6 Å². The topological polar surface area (TPSA) is 102 Å². The number of nitrogens with one attached hydrogen (secondary N) is 2. The van der Waals surface area contributed by atoms with Gasteiger partial charge in [-0.05, 0) is 56.4 Å². The van der Waals surface area contributed by atoms with Gasteiger partial charge in [0.25, 0.3) is 11.8 Å². The lowest BCUT2D eigenvalue weighted by molar-refractivity contribution is -0.317. The highest BCUT2D eigenvalue weighted by Crippen LogP contribution is 2.51. The maximum Gasteiger partial charge on any atom is 0.417 e. The maximum atomic E-state index is 13.8. The van der Waals surface area contributed by atoms with Crippen molar-refractivity contribution in [3.05, 3.63) is 47.5 Å². The molecule has 2 atom stereocenters. The fourth-order valence-corrected chi connectivity index (χ4v) is 7.86. The van der Waals surface area contributed by atoms with E-state index in [2.05, 4.69) is 15.5 Å². The predicted molar refractivity (Wildman–Crippen MR) is 149 cm³/mol. The standard InChI is InChI=1S/C29H29F3N4O5S/c1-39-21-7-6-20-23(42-26(34-20)36-16-12-17(36)14-40-13-16)22(21)25(38)33-19-5-3-2-4-18(19)24(37)35-27-8-10-28(11-9-27,41-15-27)29(30,31)32/h2-7,16-17H,8-15H2,1H3,(H,33,38)(H,35,37). The molecule has 4 aliphatic heterocycles. The number of aromatic nitrogens is 1. The van der Waals surface area contributed by atoms with Gasteiger partial charge in [-0.1, -0.05) is 23.5 Å². The van der Waals surface area contributed by atoms with Crippen LogP contribution in [-0.2, 0) is 9.47 Å². The lowest BCUT2D eigenvalue weighted by Gasteiger charge is -2.53. The van der Waals surface area contributed by atoms with Crippen LogP contribution >= 0.6 is 11.3 Å². The van der Waals surface area contributed by atoms with Crippen molar-refractivity contribution in [2.45, 2.75) is 61.5 Å². The van der Waals surface area contributed by atoms with E-state index in [1.807, 2.05) is 6.07 Å². The number of hydrogen-bond donors (Lipinski definition) is 2. The van der Waals surface area contributed by atoms with Crippen molar-refractivity contribution in [1.82, 2.24) is 10.3 Å². The number of ether oxygens (including phenoxy) is 3. The maximum absolute atomic E-state index is 13.8. The minimum atomic E-state index is -4.45. The molecule has 1 saturated carbocycles. The van der Waals surface area contributed by atoms with E-state index in [4.69, 9.17) is 19.2 Å². The van der Waals surface area contributed by atoms with E-state index >= 15 is 0 Å². The van der Waals surface area contributed by atoms with Crippen molar-refractivity contribution in [2.75, 3.05) is 37.1 Å². The zero-order valence-corrected chi connectivity index (χ0v) is 23.6. The van der Waals surface area contributed by atoms with E-state index in [1.54, 1.807) is 30.3 Å². The predicted octanol–water partition coefficient (Wildman–Crippen LogP) is 4.91. The van der Waals surface area contributed by atoms with Crippen molar-refractivity contribution in [3.8, 4) is 5.75 Å². The number of fused-ring (bicyclic) bond motifs is 6. The number of nitrogens with zero attached hydrogens (tertiary/aromatic N) is 2. The first kappa shape index (κ1) is 27.4. The zero-order chi connectivity index (χ0) is 29.3. The molecule has 5 heterocycles. The van der Waals surface area contributed by atoms with Gasteiger partial charge in [0, 0.05) is 0 Å². The summed E-state index contributed by atoms with van der Waals surface area (Å²) in [5, 5.41) is 6.62. The molecule has 5 aliphatic rings. The number of carbonyl (C=O) groups excluding carboxylic acids is 2. The van der Waals surface area contributed by atoms with E-state index in [1.165, 1.54) is 18.4 Å². The van der Waals surface area contributed by atoms with Gasteiger partial charge in [-0.15, -0.1) is 0 Å². The first-order valence-corrected chi connectivity index (χ1v) is 14.7. The molecule has 1 aromatic heterocycles. The van der Waals surface area contributed by atoms with Crippen LogP contribution in [0.5, 0.6) is 5.75 Å². The third-order valence-corrected chi connectivity index (χ3v) is 10.2. The number of carbonyl (C=O) groups is 2. The lowest BCUT2D eigenvalue weighted by Crippen LogP contribution is -2.66. The van der Waals surface area contributed by atoms with Crippen LogP contribution in [0.1, 0.15) is 52.8 Å². The molecule has 42 heavy (non-hydrogen) atoms. The number of halogens is 3. The van der Waals surface area contributed by atoms with Crippen molar-refractivity contribution >= 4 is 44.2 Å². The summed E-state index contributed by atoms with van der Waals surface area (Å²) >= 11 is 1.42. The molecule has 2 amide bonds. The molecular weight excluding hydrogens is 573 g/mol. The Kier molecular flexibility index (Phi) is 6.41. The summed E-state index contributed by atoms with van der Waals surface area (Å²) in [5.41, 5.74) is -1.58. The summed E-state index contributed by atoms with van der Waals surface area (Å²) in [4.78, 5) is 34.3. The third kappa shape index (κ3) is 4.32. The SMILES string of the molecule is COc1ccc2nc(N3C4COCC3C4)sc2c1C(=O)Nc1ccccc1C(=O)NC12CCC(C(F)(F)F)(CC1)OC2. The average molecular weight is 603 g/mol. The molecule has 3 aromatic rings. The number of rotatable bonds is 6. The molecule has 1 aliphatic carbocycles. The van der Waals surface area contributed by atoms with Crippen LogP contribution < -0.4 is 20.3 Å². The molecule has 8 rings (SSSR count). The summed E-state index contributed by atoms with van der Waals surface area (Å²) in [7, 11) is 1.49. The van der Waals surface area contributed by atoms with Crippen LogP contribution in [-0.4, -0.2) is 73.1 Å². The Balaban J connectivity index is 1.13. The smallest absolute Gasteiger partial charge is 0.417 e. The number of hydrogen-bond acceptors (Lipinski definition) is 8. The second-order valence-corrected chi connectivity index (χ2v) is 12.5. The summed E-state index contributed by atoms with van der Waals surface area (Å²) in [6.45, 7) is 1.08. The Morgan fingerprint density at radius 3 is 2.45 bits per heavy atom. The van der Waals surface area contributed by atoms with Gasteiger partial charge in [0.05, 0.1) is 66.0 Å². The quantitative estimate of drug-likeness (QED) is 0.414. The van der Waals surface area contributed by atoms with Crippen LogP contribution in [0.15, 0.2) is 36.4 Å². The Labute approximate surface area is 243 Å². The number of morpholine rings is 1. The number of methoxy groups -OCH3 is 1. The molecule has 2 unspecified atom stereocenters. The third-order valence-electron chi connectivity index (χ3n) is 9.08. The molecule has 222 valence electrons. The van der Waals surface area contributed by atoms with Crippen molar-refractivity contribution < 1.29 is 37.0 Å². The molecule has 0 spiro atoms. The van der Waals surface area contributed by atoms with Gasteiger partial charge >= 0.3 is 6.18 Å². The minimum absolute atomic E-state index is 0.157. The summed E-state index contributed by atoms with van der Waals surface area (Å²) in [6.07, 6.45) is -3.49. The van der Waals surface area contributed by atoms with Gasteiger partial charge in [0.15, 0.2) is 10.7 Å². The van der Waals surface area contributed by atoms with E-state index in [-0.39, 0.29) is 55.6 Å². The van der Waals surface area contributed by atoms with Crippen LogP contribution in [0, 0.1) is 0 Å². The van der Waals surface area contributed by atoms with E-state index < -0.39 is 29.1 Å². The number of anilines is 2. The van der Waals surface area contributed by atoms with Crippen LogP contribution in [0.2, 0.25) is 0 Å². The van der Waals surface area contributed by atoms with Crippen molar-refractivity contribution in [3.63, 3.8) is 0 Å². The van der Waals surface area contributed by atoms with Crippen molar-refractivity contribution in [1.29, 1.82) is 0 Å². The van der Waals surface area contributed by atoms with E-state index in [9.17, 15) is 22.8 Å². The highest BCUT2D eigenvalue weighted by Gasteiger charge is 2.63. The Morgan fingerprint density at radius 1 is 1.07 bits per heavy atom. The largest absolute Gasteiger partial charge is 0.496 e. The van der Waals surface area contributed by atoms with Crippen LogP contribution in [0.25, 0.3) is 10.2 Å². The first-order chi connectivity index (χ1) is 20.1. The first-order valence-electron chi connectivity index (χ1n) is 13.9. The number of para-hydroxylation sites is 1. The second kappa shape index (κ2) is 9.81. The number of thiazole rings is 1. The molecule has 2 N–H and O–H groups in total. The number of amides is 2. The molecule has 13 heteroatoms. The fraction of sp³-hybridized carbons (Fsp3) is 0.483. The lowest BCUT2D eigenvalue weighted by atomic mass is 9.70.